The molecule has 1 rings (SSSR count). The smallest absolute Gasteiger partial charge is 0.0964 e. The van der Waals surface area contributed by atoms with Crippen molar-refractivity contribution in [2.24, 2.45) is 0 Å². The van der Waals surface area contributed by atoms with Gasteiger partial charge < -0.3 is 10.4 Å². The van der Waals surface area contributed by atoms with Gasteiger partial charge >= 0.3 is 0 Å². The Hall–Kier alpha value is -0.940. The minimum atomic E-state index is 0.301. The molecule has 5 nitrogen and oxygen atoms in total. The Bertz CT molecular complexity index is 262. The number of unbranched alkanes of at least 4 members (excludes halogenated alkanes) is 3. The SMILES string of the molecule is CNCc1cn(CCCCCCO)nn1. The van der Waals surface area contributed by atoms with Crippen molar-refractivity contribution in [1.82, 2.24) is 20.3 Å². The lowest BCUT2D eigenvalue weighted by molar-refractivity contribution is 0.282. The fraction of sp³-hybridized carbons (Fsp3) is 0.800. The van der Waals surface area contributed by atoms with Gasteiger partial charge in [0.05, 0.1) is 5.69 Å². The second kappa shape index (κ2) is 7.36. The third kappa shape index (κ3) is 4.90. The molecule has 0 fully saturated rings. The molecule has 0 aliphatic carbocycles. The number of hydrogen-bond donors (Lipinski definition) is 2. The van der Waals surface area contributed by atoms with E-state index in [4.69, 9.17) is 5.11 Å². The summed E-state index contributed by atoms with van der Waals surface area (Å²) in [6.45, 7) is 1.99. The van der Waals surface area contributed by atoms with E-state index in [0.29, 0.717) is 6.61 Å². The number of aryl methyl sites for hydroxylation is 1. The van der Waals surface area contributed by atoms with Crippen LogP contribution in [0.5, 0.6) is 0 Å². The van der Waals surface area contributed by atoms with Crippen LogP contribution in [0.3, 0.4) is 0 Å². The zero-order valence-corrected chi connectivity index (χ0v) is 9.32. The van der Waals surface area contributed by atoms with E-state index in [1.807, 2.05) is 17.9 Å². The summed E-state index contributed by atoms with van der Waals surface area (Å²) >= 11 is 0. The number of nitrogens with one attached hydrogen (secondary N) is 1. The maximum atomic E-state index is 8.61. The largest absolute Gasteiger partial charge is 0.396 e. The predicted octanol–water partition coefficient (Wildman–Crippen LogP) is 0.550. The molecule has 0 aromatic carbocycles. The first-order valence-corrected chi connectivity index (χ1v) is 5.51. The van der Waals surface area contributed by atoms with E-state index in [2.05, 4.69) is 15.6 Å². The first kappa shape index (κ1) is 12.1. The minimum absolute atomic E-state index is 0.301. The average Bonchev–Trinajstić information content (AvgIpc) is 2.66. The lowest BCUT2D eigenvalue weighted by atomic mass is 10.2. The third-order valence-corrected chi connectivity index (χ3v) is 2.24. The van der Waals surface area contributed by atoms with Crippen LogP contribution < -0.4 is 5.32 Å². The van der Waals surface area contributed by atoms with Gasteiger partial charge in [-0.3, -0.25) is 4.68 Å². The Labute approximate surface area is 90.5 Å². The molecule has 0 spiro atoms. The standard InChI is InChI=1S/C10H20N4O/c1-11-8-10-9-14(13-12-10)6-4-2-3-5-7-15/h9,11,15H,2-8H2,1H3. The summed E-state index contributed by atoms with van der Waals surface area (Å²) in [4.78, 5) is 0. The Morgan fingerprint density at radius 1 is 1.33 bits per heavy atom. The molecule has 2 N–H and O–H groups in total. The Morgan fingerprint density at radius 2 is 2.13 bits per heavy atom. The van der Waals surface area contributed by atoms with Crippen LogP contribution in [-0.2, 0) is 13.1 Å². The Morgan fingerprint density at radius 3 is 2.87 bits per heavy atom. The number of hydrogen-bond acceptors (Lipinski definition) is 4. The molecule has 1 aromatic heterocycles. The Kier molecular flexibility index (Phi) is 5.96. The molecule has 0 aliphatic heterocycles. The molecule has 0 saturated carbocycles. The summed E-state index contributed by atoms with van der Waals surface area (Å²) in [5.74, 6) is 0. The van der Waals surface area contributed by atoms with Crippen LogP contribution >= 0.6 is 0 Å². The van der Waals surface area contributed by atoms with Crippen molar-refractivity contribution in [3.8, 4) is 0 Å². The van der Waals surface area contributed by atoms with Crippen molar-refractivity contribution in [1.29, 1.82) is 0 Å². The first-order valence-electron chi connectivity index (χ1n) is 5.51. The number of rotatable bonds is 8. The number of nitrogens with zero attached hydrogens (tertiary/aromatic N) is 3. The van der Waals surface area contributed by atoms with Crippen molar-refractivity contribution in [2.45, 2.75) is 38.8 Å². The van der Waals surface area contributed by atoms with Crippen molar-refractivity contribution >= 4 is 0 Å². The zero-order chi connectivity index (χ0) is 10.9. The summed E-state index contributed by atoms with van der Waals surface area (Å²) in [6, 6.07) is 0. The van der Waals surface area contributed by atoms with Crippen molar-refractivity contribution in [3.63, 3.8) is 0 Å². The topological polar surface area (TPSA) is 63.0 Å². The highest BCUT2D eigenvalue weighted by Crippen LogP contribution is 2.01. The first-order chi connectivity index (χ1) is 7.36. The van der Waals surface area contributed by atoms with Crippen molar-refractivity contribution in [3.05, 3.63) is 11.9 Å². The average molecular weight is 212 g/mol. The van der Waals surface area contributed by atoms with Crippen LogP contribution in [0.2, 0.25) is 0 Å². The van der Waals surface area contributed by atoms with Gasteiger partial charge in [0.15, 0.2) is 0 Å². The van der Waals surface area contributed by atoms with Gasteiger partial charge in [0.25, 0.3) is 0 Å². The van der Waals surface area contributed by atoms with Crippen LogP contribution in [0.1, 0.15) is 31.4 Å². The quantitative estimate of drug-likeness (QED) is 0.618. The van der Waals surface area contributed by atoms with E-state index in [1.165, 1.54) is 0 Å². The van der Waals surface area contributed by atoms with E-state index >= 15 is 0 Å². The zero-order valence-electron chi connectivity index (χ0n) is 9.32. The van der Waals surface area contributed by atoms with E-state index in [1.54, 1.807) is 0 Å². The highest BCUT2D eigenvalue weighted by Gasteiger charge is 1.98. The predicted molar refractivity (Wildman–Crippen MR) is 58.3 cm³/mol. The molecular weight excluding hydrogens is 192 g/mol. The molecule has 0 bridgehead atoms. The molecule has 0 radical (unpaired) electrons. The maximum Gasteiger partial charge on any atom is 0.0964 e. The second-order valence-corrected chi connectivity index (χ2v) is 3.64. The van der Waals surface area contributed by atoms with Crippen LogP contribution in [0.4, 0.5) is 0 Å². The monoisotopic (exact) mass is 212 g/mol. The highest BCUT2D eigenvalue weighted by atomic mass is 16.2. The van der Waals surface area contributed by atoms with Gasteiger partial charge in [-0.2, -0.15) is 0 Å². The van der Waals surface area contributed by atoms with Gasteiger partial charge in [0, 0.05) is 25.9 Å². The number of aromatic nitrogens is 3. The summed E-state index contributed by atoms with van der Waals surface area (Å²) in [5.41, 5.74) is 0.979. The second-order valence-electron chi connectivity index (χ2n) is 3.64. The van der Waals surface area contributed by atoms with Crippen molar-refractivity contribution in [2.75, 3.05) is 13.7 Å². The normalized spacial score (nSPS) is 10.8. The molecule has 5 heteroatoms. The maximum absolute atomic E-state index is 8.61. The molecule has 0 saturated heterocycles. The van der Waals surface area contributed by atoms with E-state index < -0.39 is 0 Å². The summed E-state index contributed by atoms with van der Waals surface area (Å²) < 4.78 is 1.88. The highest BCUT2D eigenvalue weighted by molar-refractivity contribution is 4.90. The van der Waals surface area contributed by atoms with E-state index in [-0.39, 0.29) is 0 Å². The van der Waals surface area contributed by atoms with Crippen LogP contribution in [0.15, 0.2) is 6.20 Å². The lowest BCUT2D eigenvalue weighted by Crippen LogP contribution is -2.05. The number of aliphatic hydroxyl groups is 1. The van der Waals surface area contributed by atoms with Crippen molar-refractivity contribution < 1.29 is 5.11 Å². The van der Waals surface area contributed by atoms with Gasteiger partial charge in [0.2, 0.25) is 0 Å². The summed E-state index contributed by atoms with van der Waals surface area (Å²) in [7, 11) is 1.90. The van der Waals surface area contributed by atoms with Gasteiger partial charge in [-0.05, 0) is 19.9 Å². The fourth-order valence-corrected chi connectivity index (χ4v) is 1.45. The Balaban J connectivity index is 2.14. The molecule has 15 heavy (non-hydrogen) atoms. The van der Waals surface area contributed by atoms with Gasteiger partial charge in [0.1, 0.15) is 0 Å². The van der Waals surface area contributed by atoms with Gasteiger partial charge in [-0.1, -0.05) is 18.1 Å². The molecule has 0 unspecified atom stereocenters. The van der Waals surface area contributed by atoms with E-state index in [9.17, 15) is 0 Å². The summed E-state index contributed by atoms with van der Waals surface area (Å²) in [6.07, 6.45) is 6.21. The molecule has 1 aromatic rings. The molecule has 1 heterocycles. The van der Waals surface area contributed by atoms with E-state index in [0.717, 1.165) is 44.5 Å². The van der Waals surface area contributed by atoms with Crippen LogP contribution in [0.25, 0.3) is 0 Å². The van der Waals surface area contributed by atoms with Crippen LogP contribution in [0, 0.1) is 0 Å². The van der Waals surface area contributed by atoms with Crippen LogP contribution in [-0.4, -0.2) is 33.8 Å². The molecule has 0 amide bonds. The lowest BCUT2D eigenvalue weighted by Gasteiger charge is -1.99. The van der Waals surface area contributed by atoms with Gasteiger partial charge in [-0.25, -0.2) is 0 Å². The van der Waals surface area contributed by atoms with Gasteiger partial charge in [-0.15, -0.1) is 5.10 Å². The molecule has 0 aliphatic rings. The molecule has 86 valence electrons. The minimum Gasteiger partial charge on any atom is -0.396 e. The fourth-order valence-electron chi connectivity index (χ4n) is 1.45. The summed E-state index contributed by atoms with van der Waals surface area (Å²) in [5, 5.41) is 19.7. The number of aliphatic hydroxyl groups excluding tert-OH is 1. The molecular formula is C10H20N4O. The third-order valence-electron chi connectivity index (χ3n) is 2.24. The molecule has 0 atom stereocenters.